The van der Waals surface area contributed by atoms with Crippen LogP contribution in [0.2, 0.25) is 0 Å². The van der Waals surface area contributed by atoms with E-state index < -0.39 is 0 Å². The van der Waals surface area contributed by atoms with Crippen molar-refractivity contribution in [3.05, 3.63) is 0 Å². The van der Waals surface area contributed by atoms with Crippen molar-refractivity contribution in [2.45, 2.75) is 65.5 Å². The molecule has 1 amide bonds. The normalized spacial score (nSPS) is 25.6. The first kappa shape index (κ1) is 17.4. The Hall–Kier alpha value is -0.610. The van der Waals surface area contributed by atoms with Gasteiger partial charge in [0.05, 0.1) is 6.10 Å². The molecule has 1 fully saturated rings. The van der Waals surface area contributed by atoms with Crippen LogP contribution in [0.15, 0.2) is 0 Å². The summed E-state index contributed by atoms with van der Waals surface area (Å²) in [6.45, 7) is 10.1. The van der Waals surface area contributed by atoms with Gasteiger partial charge in [0.2, 0.25) is 5.91 Å². The van der Waals surface area contributed by atoms with Crippen molar-refractivity contribution in [3.63, 3.8) is 0 Å². The molecule has 1 aliphatic rings. The lowest BCUT2D eigenvalue weighted by molar-refractivity contribution is -0.137. The predicted molar refractivity (Wildman–Crippen MR) is 82.4 cm³/mol. The fourth-order valence-electron chi connectivity index (χ4n) is 3.31. The molecule has 4 heteroatoms. The van der Waals surface area contributed by atoms with E-state index in [0.717, 1.165) is 25.8 Å². The second kappa shape index (κ2) is 7.41. The molecule has 118 valence electrons. The summed E-state index contributed by atoms with van der Waals surface area (Å²) in [5.74, 6) is 0.674. The molecule has 20 heavy (non-hydrogen) atoms. The number of likely N-dealkylation sites (tertiary alicyclic amines) is 1. The Kier molecular flexibility index (Phi) is 6.46. The van der Waals surface area contributed by atoms with Gasteiger partial charge >= 0.3 is 0 Å². The van der Waals surface area contributed by atoms with Crippen LogP contribution in [0.3, 0.4) is 0 Å². The van der Waals surface area contributed by atoms with Gasteiger partial charge in [-0.2, -0.15) is 0 Å². The van der Waals surface area contributed by atoms with Gasteiger partial charge in [0.15, 0.2) is 0 Å². The molecule has 1 heterocycles. The summed E-state index contributed by atoms with van der Waals surface area (Å²) in [6, 6.07) is 0.142. The summed E-state index contributed by atoms with van der Waals surface area (Å²) >= 11 is 0. The van der Waals surface area contributed by atoms with Crippen LogP contribution in [0.4, 0.5) is 0 Å². The standard InChI is InChI=1S/C16H32N2O2/c1-12(10-16(2,3)4)8-15(19)18-7-6-14(20-5)9-13(18)11-17/h12-14H,6-11,17H2,1-5H3. The number of nitrogens with zero attached hydrogens (tertiary/aromatic N) is 1. The maximum Gasteiger partial charge on any atom is 0.223 e. The highest BCUT2D eigenvalue weighted by atomic mass is 16.5. The molecule has 0 aliphatic carbocycles. The lowest BCUT2D eigenvalue weighted by atomic mass is 9.84. The van der Waals surface area contributed by atoms with E-state index in [1.165, 1.54) is 0 Å². The van der Waals surface area contributed by atoms with Crippen molar-refractivity contribution in [2.75, 3.05) is 20.2 Å². The second-order valence-corrected chi connectivity index (χ2v) is 7.43. The summed E-state index contributed by atoms with van der Waals surface area (Å²) in [4.78, 5) is 14.5. The molecule has 3 atom stereocenters. The third kappa shape index (κ3) is 5.41. The van der Waals surface area contributed by atoms with Crippen LogP contribution in [0.5, 0.6) is 0 Å². The van der Waals surface area contributed by atoms with Gasteiger partial charge < -0.3 is 15.4 Å². The number of carbonyl (C=O) groups excluding carboxylic acids is 1. The van der Waals surface area contributed by atoms with Crippen LogP contribution in [-0.2, 0) is 9.53 Å². The third-order valence-electron chi connectivity index (χ3n) is 4.08. The first-order chi connectivity index (χ1) is 9.26. The monoisotopic (exact) mass is 284 g/mol. The molecule has 0 aromatic heterocycles. The topological polar surface area (TPSA) is 55.6 Å². The van der Waals surface area contributed by atoms with Crippen LogP contribution in [0, 0.1) is 11.3 Å². The molecule has 0 radical (unpaired) electrons. The SMILES string of the molecule is COC1CCN(C(=O)CC(C)CC(C)(C)C)C(CN)C1. The van der Waals surface area contributed by atoms with E-state index in [2.05, 4.69) is 27.7 Å². The molecule has 0 saturated carbocycles. The maximum absolute atomic E-state index is 12.5. The number of hydrogen-bond acceptors (Lipinski definition) is 3. The van der Waals surface area contributed by atoms with Gasteiger partial charge in [-0.1, -0.05) is 27.7 Å². The number of nitrogens with two attached hydrogens (primary N) is 1. The number of carbonyl (C=O) groups is 1. The Labute approximate surface area is 124 Å². The fraction of sp³-hybridized carbons (Fsp3) is 0.938. The van der Waals surface area contributed by atoms with E-state index in [0.29, 0.717) is 18.9 Å². The Morgan fingerprint density at radius 2 is 2.10 bits per heavy atom. The molecule has 2 N–H and O–H groups in total. The number of methoxy groups -OCH3 is 1. The summed E-state index contributed by atoms with van der Waals surface area (Å²) in [5.41, 5.74) is 6.11. The first-order valence-corrected chi connectivity index (χ1v) is 7.79. The van der Waals surface area contributed by atoms with Crippen LogP contribution < -0.4 is 5.73 Å². The van der Waals surface area contributed by atoms with Crippen LogP contribution in [0.25, 0.3) is 0 Å². The molecule has 3 unspecified atom stereocenters. The van der Waals surface area contributed by atoms with Gasteiger partial charge in [-0.05, 0) is 30.6 Å². The molecule has 1 rings (SSSR count). The van der Waals surface area contributed by atoms with Crippen molar-refractivity contribution in [2.24, 2.45) is 17.1 Å². The highest BCUT2D eigenvalue weighted by Crippen LogP contribution is 2.27. The Morgan fingerprint density at radius 3 is 2.60 bits per heavy atom. The van der Waals surface area contributed by atoms with Gasteiger partial charge in [0.25, 0.3) is 0 Å². The largest absolute Gasteiger partial charge is 0.381 e. The number of hydrogen-bond donors (Lipinski definition) is 1. The Balaban J connectivity index is 2.53. The molecule has 0 aromatic rings. The first-order valence-electron chi connectivity index (χ1n) is 7.79. The molecule has 0 bridgehead atoms. The molecule has 4 nitrogen and oxygen atoms in total. The van der Waals surface area contributed by atoms with E-state index >= 15 is 0 Å². The van der Waals surface area contributed by atoms with Gasteiger partial charge in [-0.25, -0.2) is 0 Å². The third-order valence-corrected chi connectivity index (χ3v) is 4.08. The zero-order valence-corrected chi connectivity index (χ0v) is 13.8. The number of amides is 1. The van der Waals surface area contributed by atoms with Crippen molar-refractivity contribution in [1.29, 1.82) is 0 Å². The van der Waals surface area contributed by atoms with Crippen molar-refractivity contribution in [3.8, 4) is 0 Å². The average molecular weight is 284 g/mol. The van der Waals surface area contributed by atoms with Crippen LogP contribution in [-0.4, -0.2) is 43.2 Å². The average Bonchev–Trinajstić information content (AvgIpc) is 2.35. The minimum Gasteiger partial charge on any atom is -0.381 e. The molecule has 0 spiro atoms. The zero-order chi connectivity index (χ0) is 15.3. The van der Waals surface area contributed by atoms with E-state index in [1.807, 2.05) is 4.90 Å². The highest BCUT2D eigenvalue weighted by molar-refractivity contribution is 5.77. The van der Waals surface area contributed by atoms with Crippen molar-refractivity contribution >= 4 is 5.91 Å². The Morgan fingerprint density at radius 1 is 1.45 bits per heavy atom. The molecular formula is C16H32N2O2. The van der Waals surface area contributed by atoms with Crippen LogP contribution >= 0.6 is 0 Å². The number of rotatable bonds is 5. The van der Waals surface area contributed by atoms with E-state index in [-0.39, 0.29) is 23.5 Å². The van der Waals surface area contributed by atoms with Gasteiger partial charge in [0, 0.05) is 32.7 Å². The predicted octanol–water partition coefficient (Wildman–Crippen LogP) is 2.41. The second-order valence-electron chi connectivity index (χ2n) is 7.43. The quantitative estimate of drug-likeness (QED) is 0.843. The molecule has 1 saturated heterocycles. The molecular weight excluding hydrogens is 252 g/mol. The van der Waals surface area contributed by atoms with Crippen LogP contribution in [0.1, 0.15) is 53.4 Å². The zero-order valence-electron chi connectivity index (χ0n) is 13.8. The molecule has 1 aliphatic heterocycles. The van der Waals surface area contributed by atoms with E-state index in [4.69, 9.17) is 10.5 Å². The van der Waals surface area contributed by atoms with Gasteiger partial charge in [-0.3, -0.25) is 4.79 Å². The smallest absolute Gasteiger partial charge is 0.223 e. The maximum atomic E-state index is 12.5. The van der Waals surface area contributed by atoms with E-state index in [9.17, 15) is 4.79 Å². The lowest BCUT2D eigenvalue weighted by Crippen LogP contribution is -2.51. The summed E-state index contributed by atoms with van der Waals surface area (Å²) in [6.07, 6.45) is 3.74. The van der Waals surface area contributed by atoms with Crippen molar-refractivity contribution in [1.82, 2.24) is 4.90 Å². The minimum atomic E-state index is 0.142. The fourth-order valence-corrected chi connectivity index (χ4v) is 3.31. The minimum absolute atomic E-state index is 0.142. The van der Waals surface area contributed by atoms with Crippen molar-refractivity contribution < 1.29 is 9.53 Å². The molecule has 0 aromatic carbocycles. The van der Waals surface area contributed by atoms with E-state index in [1.54, 1.807) is 7.11 Å². The number of piperidine rings is 1. The summed E-state index contributed by atoms with van der Waals surface area (Å²) in [7, 11) is 1.74. The van der Waals surface area contributed by atoms with Gasteiger partial charge in [-0.15, -0.1) is 0 Å². The van der Waals surface area contributed by atoms with Gasteiger partial charge in [0.1, 0.15) is 0 Å². The summed E-state index contributed by atoms with van der Waals surface area (Å²) < 4.78 is 5.40. The number of ether oxygens (including phenoxy) is 1. The Bertz CT molecular complexity index is 312. The lowest BCUT2D eigenvalue weighted by Gasteiger charge is -2.39. The summed E-state index contributed by atoms with van der Waals surface area (Å²) in [5, 5.41) is 0. The highest BCUT2D eigenvalue weighted by Gasteiger charge is 2.31.